The lowest BCUT2D eigenvalue weighted by molar-refractivity contribution is 1.18. The maximum atomic E-state index is 6.06. The first-order valence-corrected chi connectivity index (χ1v) is 7.32. The molecule has 5 heteroatoms. The molecule has 0 aromatic carbocycles. The molecule has 2 N–H and O–H groups in total. The largest absolute Gasteiger partial charge is 0.383 e. The van der Waals surface area contributed by atoms with Gasteiger partial charge in [0, 0.05) is 58.9 Å². The molecule has 0 amide bonds. The number of nitrogen functional groups attached to an aromatic ring is 1. The van der Waals surface area contributed by atoms with Gasteiger partial charge in [-0.3, -0.25) is 4.98 Å². The number of aryl methyl sites for hydroxylation is 1. The first-order chi connectivity index (χ1) is 11.2. The van der Waals surface area contributed by atoms with Crippen molar-refractivity contribution < 1.29 is 0 Å². The van der Waals surface area contributed by atoms with Gasteiger partial charge in [-0.25, -0.2) is 9.97 Å². The van der Waals surface area contributed by atoms with E-state index in [1.54, 1.807) is 12.4 Å². The van der Waals surface area contributed by atoms with E-state index in [9.17, 15) is 0 Å². The van der Waals surface area contributed by atoms with Crippen molar-refractivity contribution in [2.75, 3.05) is 5.73 Å². The zero-order chi connectivity index (χ0) is 15.8. The standard InChI is InChI=1S/C18H15N5/c1-12-2-3-13(9-21-12)16-8-15(10-22-18(16)19)14-4-5-17-20-6-7-23(17)11-14/h2-11H,1H3,(H2,19,22). The number of imidazole rings is 1. The molecule has 5 nitrogen and oxygen atoms in total. The van der Waals surface area contributed by atoms with Crippen LogP contribution in [0.25, 0.3) is 27.9 Å². The zero-order valence-electron chi connectivity index (χ0n) is 12.6. The number of hydrogen-bond donors (Lipinski definition) is 1. The van der Waals surface area contributed by atoms with Gasteiger partial charge in [0.25, 0.3) is 0 Å². The minimum Gasteiger partial charge on any atom is -0.383 e. The highest BCUT2D eigenvalue weighted by molar-refractivity contribution is 5.79. The van der Waals surface area contributed by atoms with Crippen LogP contribution in [0, 0.1) is 6.92 Å². The molecule has 0 aliphatic rings. The molecule has 0 fully saturated rings. The molecule has 4 rings (SSSR count). The Kier molecular flexibility index (Phi) is 3.05. The summed E-state index contributed by atoms with van der Waals surface area (Å²) in [5.74, 6) is 0.503. The average molecular weight is 301 g/mol. The maximum absolute atomic E-state index is 6.06. The van der Waals surface area contributed by atoms with Gasteiger partial charge >= 0.3 is 0 Å². The van der Waals surface area contributed by atoms with Gasteiger partial charge < -0.3 is 10.1 Å². The van der Waals surface area contributed by atoms with Crippen LogP contribution in [0.2, 0.25) is 0 Å². The van der Waals surface area contributed by atoms with Crippen LogP contribution in [0.4, 0.5) is 5.82 Å². The van der Waals surface area contributed by atoms with E-state index in [1.807, 2.05) is 60.2 Å². The Balaban J connectivity index is 1.83. The minimum atomic E-state index is 0.503. The van der Waals surface area contributed by atoms with Crippen LogP contribution < -0.4 is 5.73 Å². The lowest BCUT2D eigenvalue weighted by Gasteiger charge is -2.09. The molecule has 0 saturated carbocycles. The quantitative estimate of drug-likeness (QED) is 0.616. The highest BCUT2D eigenvalue weighted by Gasteiger charge is 2.08. The second-order valence-electron chi connectivity index (χ2n) is 5.46. The van der Waals surface area contributed by atoms with Crippen LogP contribution in [0.15, 0.2) is 61.3 Å². The lowest BCUT2D eigenvalue weighted by Crippen LogP contribution is -1.96. The van der Waals surface area contributed by atoms with Crippen LogP contribution in [0.3, 0.4) is 0 Å². The van der Waals surface area contributed by atoms with E-state index in [1.165, 1.54) is 0 Å². The normalized spacial score (nSPS) is 11.0. The number of nitrogens with two attached hydrogens (primary N) is 1. The van der Waals surface area contributed by atoms with E-state index >= 15 is 0 Å². The van der Waals surface area contributed by atoms with Crippen molar-refractivity contribution in [1.82, 2.24) is 19.4 Å². The fraction of sp³-hybridized carbons (Fsp3) is 0.0556. The van der Waals surface area contributed by atoms with Gasteiger partial charge in [-0.15, -0.1) is 0 Å². The number of aromatic nitrogens is 4. The Morgan fingerprint density at radius 2 is 1.74 bits per heavy atom. The summed E-state index contributed by atoms with van der Waals surface area (Å²) in [6.45, 7) is 1.96. The monoisotopic (exact) mass is 301 g/mol. The van der Waals surface area contributed by atoms with Crippen LogP contribution in [-0.2, 0) is 0 Å². The Bertz CT molecular complexity index is 986. The smallest absolute Gasteiger partial charge is 0.136 e. The molecular weight excluding hydrogens is 286 g/mol. The van der Waals surface area contributed by atoms with Crippen LogP contribution in [0.5, 0.6) is 0 Å². The van der Waals surface area contributed by atoms with Crippen molar-refractivity contribution in [2.45, 2.75) is 6.92 Å². The van der Waals surface area contributed by atoms with Crippen molar-refractivity contribution in [3.63, 3.8) is 0 Å². The fourth-order valence-corrected chi connectivity index (χ4v) is 2.58. The van der Waals surface area contributed by atoms with Crippen molar-refractivity contribution in [2.24, 2.45) is 0 Å². The second-order valence-corrected chi connectivity index (χ2v) is 5.46. The number of rotatable bonds is 2. The van der Waals surface area contributed by atoms with Crippen molar-refractivity contribution in [3.8, 4) is 22.3 Å². The summed E-state index contributed by atoms with van der Waals surface area (Å²) in [5.41, 5.74) is 11.9. The number of nitrogens with zero attached hydrogens (tertiary/aromatic N) is 4. The van der Waals surface area contributed by atoms with Crippen LogP contribution in [0.1, 0.15) is 5.69 Å². The predicted octanol–water partition coefficient (Wildman–Crippen LogP) is 3.35. The molecule has 4 aromatic rings. The molecule has 0 radical (unpaired) electrons. The number of anilines is 1. The SMILES string of the molecule is Cc1ccc(-c2cc(-c3ccc4nccn4c3)cnc2N)cn1. The van der Waals surface area contributed by atoms with Gasteiger partial charge in [0.2, 0.25) is 0 Å². The Morgan fingerprint density at radius 3 is 2.57 bits per heavy atom. The maximum Gasteiger partial charge on any atom is 0.136 e. The summed E-state index contributed by atoms with van der Waals surface area (Å²) in [4.78, 5) is 12.9. The minimum absolute atomic E-state index is 0.503. The molecule has 112 valence electrons. The van der Waals surface area contributed by atoms with E-state index in [4.69, 9.17) is 5.73 Å². The van der Waals surface area contributed by atoms with Crippen LogP contribution >= 0.6 is 0 Å². The third-order valence-corrected chi connectivity index (χ3v) is 3.86. The molecule has 0 spiro atoms. The third-order valence-electron chi connectivity index (χ3n) is 3.86. The fourth-order valence-electron chi connectivity index (χ4n) is 2.58. The Morgan fingerprint density at radius 1 is 0.913 bits per heavy atom. The van der Waals surface area contributed by atoms with Crippen LogP contribution in [-0.4, -0.2) is 19.4 Å². The van der Waals surface area contributed by atoms with Gasteiger partial charge in [-0.1, -0.05) is 6.07 Å². The summed E-state index contributed by atoms with van der Waals surface area (Å²) in [7, 11) is 0. The van der Waals surface area contributed by atoms with Gasteiger partial charge in [0.1, 0.15) is 11.5 Å². The molecule has 0 saturated heterocycles. The third kappa shape index (κ3) is 2.42. The average Bonchev–Trinajstić information content (AvgIpc) is 3.04. The first kappa shape index (κ1) is 13.5. The Labute approximate surface area is 133 Å². The molecule has 0 unspecified atom stereocenters. The predicted molar refractivity (Wildman–Crippen MR) is 90.8 cm³/mol. The molecule has 4 aromatic heterocycles. The second kappa shape index (κ2) is 5.21. The molecule has 0 bridgehead atoms. The van der Waals surface area contributed by atoms with Gasteiger partial charge in [0.15, 0.2) is 0 Å². The van der Waals surface area contributed by atoms with E-state index in [0.717, 1.165) is 33.6 Å². The summed E-state index contributed by atoms with van der Waals surface area (Å²) >= 11 is 0. The lowest BCUT2D eigenvalue weighted by atomic mass is 10.0. The zero-order valence-corrected chi connectivity index (χ0v) is 12.6. The molecule has 0 aliphatic carbocycles. The van der Waals surface area contributed by atoms with E-state index < -0.39 is 0 Å². The van der Waals surface area contributed by atoms with E-state index in [-0.39, 0.29) is 0 Å². The summed E-state index contributed by atoms with van der Waals surface area (Å²) in [6.07, 6.45) is 9.36. The van der Waals surface area contributed by atoms with Gasteiger partial charge in [-0.05, 0) is 31.2 Å². The number of hydrogen-bond acceptors (Lipinski definition) is 4. The Hall–Kier alpha value is -3.21. The number of pyridine rings is 3. The van der Waals surface area contributed by atoms with E-state index in [0.29, 0.717) is 5.82 Å². The number of fused-ring (bicyclic) bond motifs is 1. The topological polar surface area (TPSA) is 69.1 Å². The van der Waals surface area contributed by atoms with Gasteiger partial charge in [-0.2, -0.15) is 0 Å². The highest BCUT2D eigenvalue weighted by atomic mass is 15.0. The summed E-state index contributed by atoms with van der Waals surface area (Å²) in [5, 5.41) is 0. The molecule has 4 heterocycles. The summed E-state index contributed by atoms with van der Waals surface area (Å²) in [6, 6.07) is 10.1. The van der Waals surface area contributed by atoms with Crippen molar-refractivity contribution >= 4 is 11.5 Å². The first-order valence-electron chi connectivity index (χ1n) is 7.32. The molecule has 0 atom stereocenters. The van der Waals surface area contributed by atoms with E-state index in [2.05, 4.69) is 15.0 Å². The molecule has 0 aliphatic heterocycles. The van der Waals surface area contributed by atoms with Gasteiger partial charge in [0.05, 0.1) is 0 Å². The molecule has 23 heavy (non-hydrogen) atoms. The highest BCUT2D eigenvalue weighted by Crippen LogP contribution is 2.29. The van der Waals surface area contributed by atoms with Crippen molar-refractivity contribution in [1.29, 1.82) is 0 Å². The summed E-state index contributed by atoms with van der Waals surface area (Å²) < 4.78 is 1.98. The van der Waals surface area contributed by atoms with Crippen molar-refractivity contribution in [3.05, 3.63) is 67.0 Å². The molecular formula is C18H15N5.